The number of nitrogen functional groups attached to an aromatic ring is 1. The molecule has 8 nitrogen and oxygen atoms in total. The Hall–Kier alpha value is -3.72. The van der Waals surface area contributed by atoms with E-state index in [0.29, 0.717) is 27.9 Å². The first kappa shape index (κ1) is 20.0. The third-order valence-electron chi connectivity index (χ3n) is 4.13. The summed E-state index contributed by atoms with van der Waals surface area (Å²) in [6, 6.07) is 12.5. The number of benzene rings is 1. The first-order valence-electron chi connectivity index (χ1n) is 8.45. The van der Waals surface area contributed by atoms with Crippen molar-refractivity contribution in [1.82, 2.24) is 9.78 Å². The van der Waals surface area contributed by atoms with E-state index in [2.05, 4.69) is 5.10 Å². The molecule has 0 radical (unpaired) electrons. The van der Waals surface area contributed by atoms with Crippen LogP contribution >= 0.6 is 11.6 Å². The van der Waals surface area contributed by atoms with Crippen molar-refractivity contribution in [1.29, 1.82) is 10.5 Å². The molecule has 3 rings (SSSR count). The number of halogens is 1. The molecule has 0 saturated carbocycles. The molecule has 2 heterocycles. The summed E-state index contributed by atoms with van der Waals surface area (Å²) >= 11 is 6.07. The lowest BCUT2D eigenvalue weighted by Crippen LogP contribution is -2.07. The number of nitrogens with two attached hydrogens (primary N) is 1. The molecular formula is C20H16ClN5O3. The van der Waals surface area contributed by atoms with E-state index < -0.39 is 0 Å². The molecular weight excluding hydrogens is 394 g/mol. The minimum Gasteiger partial charge on any atom is -0.496 e. The third-order valence-corrected chi connectivity index (χ3v) is 4.37. The van der Waals surface area contributed by atoms with Gasteiger partial charge in [0.05, 0.1) is 31.4 Å². The van der Waals surface area contributed by atoms with Crippen molar-refractivity contribution in [3.05, 3.63) is 52.4 Å². The van der Waals surface area contributed by atoms with Gasteiger partial charge in [-0.2, -0.15) is 15.6 Å². The molecule has 9 heteroatoms. The Balaban J connectivity index is 2.03. The summed E-state index contributed by atoms with van der Waals surface area (Å²) in [5.41, 5.74) is 6.84. The average molecular weight is 410 g/mol. The molecule has 0 aliphatic heterocycles. The molecule has 0 bridgehead atoms. The van der Waals surface area contributed by atoms with Gasteiger partial charge in [-0.1, -0.05) is 11.6 Å². The van der Waals surface area contributed by atoms with Gasteiger partial charge in [0.2, 0.25) is 0 Å². The number of allylic oxidation sites excluding steroid dienone is 1. The normalized spacial score (nSPS) is 11.1. The quantitative estimate of drug-likeness (QED) is 0.596. The summed E-state index contributed by atoms with van der Waals surface area (Å²) in [6.45, 7) is -0.0938. The highest BCUT2D eigenvalue weighted by Gasteiger charge is 2.19. The minimum absolute atomic E-state index is 0.0644. The zero-order valence-corrected chi connectivity index (χ0v) is 16.1. The molecule has 0 spiro atoms. The van der Waals surface area contributed by atoms with Crippen LogP contribution in [-0.4, -0.2) is 28.6 Å². The molecule has 3 aromatic rings. The van der Waals surface area contributed by atoms with Gasteiger partial charge in [0.15, 0.2) is 0 Å². The number of nitrogens with zero attached hydrogens (tertiary/aromatic N) is 4. The predicted octanol–water partition coefficient (Wildman–Crippen LogP) is 3.32. The van der Waals surface area contributed by atoms with Crippen molar-refractivity contribution >= 4 is 29.1 Å². The van der Waals surface area contributed by atoms with Crippen LogP contribution in [0.5, 0.6) is 5.75 Å². The van der Waals surface area contributed by atoms with E-state index in [1.54, 1.807) is 37.4 Å². The van der Waals surface area contributed by atoms with Crippen LogP contribution in [0, 0.1) is 22.7 Å². The first-order valence-corrected chi connectivity index (χ1v) is 8.83. The topological polar surface area (TPSA) is 134 Å². The number of ether oxygens (including phenoxy) is 1. The van der Waals surface area contributed by atoms with Crippen LogP contribution in [0.4, 0.5) is 5.82 Å². The molecule has 0 aliphatic rings. The second-order valence-corrected chi connectivity index (χ2v) is 6.32. The van der Waals surface area contributed by atoms with Gasteiger partial charge in [-0.05, 0) is 30.3 Å². The molecule has 146 valence electrons. The standard InChI is InChI=1S/C20H16ClN5O3/c1-28-17-4-2-13(21)9-15(17)18-5-3-14(29-18)8-12(10-22)19-16(11-23)20(24)26(25-19)6-7-27/h2-5,8-9,27H,6-7,24H2,1H3/b12-8+. The molecule has 2 aromatic heterocycles. The number of anilines is 1. The fourth-order valence-corrected chi connectivity index (χ4v) is 2.95. The Bertz CT molecular complexity index is 1160. The van der Waals surface area contributed by atoms with Crippen LogP contribution in [0.3, 0.4) is 0 Å². The van der Waals surface area contributed by atoms with E-state index in [9.17, 15) is 10.5 Å². The molecule has 1 aromatic carbocycles. The number of aliphatic hydroxyl groups excluding tert-OH is 1. The average Bonchev–Trinajstić information content (AvgIpc) is 3.31. The Labute approximate surface area is 171 Å². The summed E-state index contributed by atoms with van der Waals surface area (Å²) in [5.74, 6) is 1.54. The molecule has 0 amide bonds. The SMILES string of the molecule is COc1ccc(Cl)cc1-c1ccc(/C=C(\C#N)c2nn(CCO)c(N)c2C#N)o1. The number of nitriles is 2. The fourth-order valence-electron chi connectivity index (χ4n) is 2.78. The van der Waals surface area contributed by atoms with Crippen molar-refractivity contribution in [3.63, 3.8) is 0 Å². The molecule has 3 N–H and O–H groups in total. The van der Waals surface area contributed by atoms with Crippen molar-refractivity contribution in [2.45, 2.75) is 6.54 Å². The van der Waals surface area contributed by atoms with Gasteiger partial charge < -0.3 is 20.0 Å². The van der Waals surface area contributed by atoms with Gasteiger partial charge >= 0.3 is 0 Å². The first-order chi connectivity index (χ1) is 14.0. The number of aliphatic hydroxyl groups is 1. The van der Waals surface area contributed by atoms with Gasteiger partial charge in [0.1, 0.15) is 46.5 Å². The summed E-state index contributed by atoms with van der Waals surface area (Å²) in [4.78, 5) is 0. The van der Waals surface area contributed by atoms with Crippen molar-refractivity contribution in [3.8, 4) is 29.2 Å². The zero-order valence-electron chi connectivity index (χ0n) is 15.4. The minimum atomic E-state index is -0.204. The number of hydrogen-bond donors (Lipinski definition) is 2. The molecule has 0 saturated heterocycles. The Kier molecular flexibility index (Phi) is 5.89. The second kappa shape index (κ2) is 8.53. The van der Waals surface area contributed by atoms with Crippen LogP contribution in [0.2, 0.25) is 5.02 Å². The number of furan rings is 1. The fraction of sp³-hybridized carbons (Fsp3) is 0.150. The maximum absolute atomic E-state index is 9.59. The summed E-state index contributed by atoms with van der Waals surface area (Å²) in [6.07, 6.45) is 1.46. The predicted molar refractivity (Wildman–Crippen MR) is 108 cm³/mol. The molecule has 0 unspecified atom stereocenters. The van der Waals surface area contributed by atoms with Crippen LogP contribution in [0.15, 0.2) is 34.7 Å². The molecule has 0 aliphatic carbocycles. The van der Waals surface area contributed by atoms with E-state index in [-0.39, 0.29) is 35.8 Å². The van der Waals surface area contributed by atoms with Crippen molar-refractivity contribution in [2.24, 2.45) is 0 Å². The second-order valence-electron chi connectivity index (χ2n) is 5.88. The molecule has 0 fully saturated rings. The van der Waals surface area contributed by atoms with Gasteiger partial charge in [-0.3, -0.25) is 0 Å². The van der Waals surface area contributed by atoms with Crippen LogP contribution in [0.1, 0.15) is 17.0 Å². The van der Waals surface area contributed by atoms with E-state index in [4.69, 9.17) is 31.6 Å². The zero-order chi connectivity index (χ0) is 21.0. The van der Waals surface area contributed by atoms with Crippen molar-refractivity contribution < 1.29 is 14.3 Å². The molecule has 29 heavy (non-hydrogen) atoms. The Morgan fingerprint density at radius 1 is 1.38 bits per heavy atom. The monoisotopic (exact) mass is 409 g/mol. The molecule has 0 atom stereocenters. The maximum atomic E-state index is 9.59. The van der Waals surface area contributed by atoms with Gasteiger partial charge in [-0.15, -0.1) is 0 Å². The lowest BCUT2D eigenvalue weighted by Gasteiger charge is -2.06. The van der Waals surface area contributed by atoms with E-state index in [1.165, 1.54) is 10.8 Å². The summed E-state index contributed by atoms with van der Waals surface area (Å²) in [5, 5.41) is 32.8. The Morgan fingerprint density at radius 2 is 2.17 bits per heavy atom. The number of aromatic nitrogens is 2. The highest BCUT2D eigenvalue weighted by Crippen LogP contribution is 2.34. The lowest BCUT2D eigenvalue weighted by molar-refractivity contribution is 0.270. The van der Waals surface area contributed by atoms with E-state index >= 15 is 0 Å². The van der Waals surface area contributed by atoms with Gasteiger partial charge in [-0.25, -0.2) is 4.68 Å². The van der Waals surface area contributed by atoms with E-state index in [0.717, 1.165) is 0 Å². The Morgan fingerprint density at radius 3 is 2.83 bits per heavy atom. The van der Waals surface area contributed by atoms with Crippen LogP contribution in [0.25, 0.3) is 23.0 Å². The smallest absolute Gasteiger partial charge is 0.140 e. The maximum Gasteiger partial charge on any atom is 0.140 e. The summed E-state index contributed by atoms with van der Waals surface area (Å²) in [7, 11) is 1.54. The number of rotatable bonds is 6. The van der Waals surface area contributed by atoms with Crippen molar-refractivity contribution in [2.75, 3.05) is 19.5 Å². The van der Waals surface area contributed by atoms with Crippen LogP contribution in [-0.2, 0) is 6.54 Å². The number of methoxy groups -OCH3 is 1. The van der Waals surface area contributed by atoms with Crippen LogP contribution < -0.4 is 10.5 Å². The number of hydrogen-bond acceptors (Lipinski definition) is 7. The highest BCUT2D eigenvalue weighted by atomic mass is 35.5. The largest absolute Gasteiger partial charge is 0.496 e. The highest BCUT2D eigenvalue weighted by molar-refractivity contribution is 6.30. The van der Waals surface area contributed by atoms with Gasteiger partial charge in [0, 0.05) is 11.1 Å². The third kappa shape index (κ3) is 3.94. The lowest BCUT2D eigenvalue weighted by atomic mass is 10.1. The van der Waals surface area contributed by atoms with Gasteiger partial charge in [0.25, 0.3) is 0 Å². The summed E-state index contributed by atoms with van der Waals surface area (Å²) < 4.78 is 12.4. The van der Waals surface area contributed by atoms with E-state index in [1.807, 2.05) is 12.1 Å².